The van der Waals surface area contributed by atoms with Gasteiger partial charge in [-0.15, -0.1) is 0 Å². The molecule has 2 N–H and O–H groups in total. The van der Waals surface area contributed by atoms with Crippen molar-refractivity contribution in [2.75, 3.05) is 28.7 Å². The van der Waals surface area contributed by atoms with Crippen LogP contribution in [0.5, 0.6) is 0 Å². The van der Waals surface area contributed by atoms with E-state index >= 15 is 0 Å². The predicted octanol–water partition coefficient (Wildman–Crippen LogP) is 2.64. The lowest BCUT2D eigenvalue weighted by atomic mass is 10.0. The van der Waals surface area contributed by atoms with Gasteiger partial charge >= 0.3 is 0 Å². The maximum absolute atomic E-state index is 11.5. The first-order chi connectivity index (χ1) is 10.1. The molecule has 1 aromatic carbocycles. The molecule has 2 heterocycles. The number of amides is 1. The average molecular weight is 307 g/mol. The van der Waals surface area contributed by atoms with Crippen molar-refractivity contribution in [1.82, 2.24) is 0 Å². The zero-order chi connectivity index (χ0) is 14.8. The molecular formula is C14H17N3O3S. The number of aryl methyl sites for hydroxylation is 1. The van der Waals surface area contributed by atoms with Gasteiger partial charge in [-0.3, -0.25) is 14.9 Å². The lowest BCUT2D eigenvalue weighted by Gasteiger charge is -2.19. The molecule has 0 saturated carbocycles. The fourth-order valence-electron chi connectivity index (χ4n) is 2.71. The van der Waals surface area contributed by atoms with Crippen LogP contribution in [0.15, 0.2) is 12.1 Å². The molecule has 1 amide bonds. The zero-order valence-corrected chi connectivity index (χ0v) is 12.4. The maximum Gasteiger partial charge on any atom is 0.292 e. The van der Waals surface area contributed by atoms with E-state index < -0.39 is 0 Å². The second-order valence-electron chi connectivity index (χ2n) is 5.44. The number of fused-ring (bicyclic) bond motifs is 1. The first-order valence-electron chi connectivity index (χ1n) is 7.06. The minimum Gasteiger partial charge on any atom is -0.379 e. The average Bonchev–Trinajstić information content (AvgIpc) is 2.97. The molecule has 1 unspecified atom stereocenters. The van der Waals surface area contributed by atoms with Crippen LogP contribution in [0.2, 0.25) is 0 Å². The summed E-state index contributed by atoms with van der Waals surface area (Å²) in [5.74, 6) is 2.78. The van der Waals surface area contributed by atoms with E-state index in [4.69, 9.17) is 0 Å². The Hall–Kier alpha value is -1.76. The molecule has 0 radical (unpaired) electrons. The van der Waals surface area contributed by atoms with Gasteiger partial charge in [-0.05, 0) is 41.9 Å². The summed E-state index contributed by atoms with van der Waals surface area (Å²) in [7, 11) is 0. The van der Waals surface area contributed by atoms with Gasteiger partial charge in [0.2, 0.25) is 5.91 Å². The first kappa shape index (κ1) is 14.2. The van der Waals surface area contributed by atoms with Crippen LogP contribution in [0.1, 0.15) is 18.4 Å². The molecule has 0 spiro atoms. The Morgan fingerprint density at radius 3 is 3.00 bits per heavy atom. The quantitative estimate of drug-likeness (QED) is 0.660. The molecule has 1 fully saturated rings. The number of nitrogens with one attached hydrogen (secondary N) is 2. The van der Waals surface area contributed by atoms with Crippen LogP contribution in [0, 0.1) is 16.0 Å². The van der Waals surface area contributed by atoms with Crippen LogP contribution >= 0.6 is 11.8 Å². The summed E-state index contributed by atoms with van der Waals surface area (Å²) in [6.45, 7) is 0.737. The second kappa shape index (κ2) is 5.93. The smallest absolute Gasteiger partial charge is 0.292 e. The molecule has 21 heavy (non-hydrogen) atoms. The molecule has 2 aliphatic heterocycles. The third-order valence-corrected chi connectivity index (χ3v) is 5.15. The van der Waals surface area contributed by atoms with Gasteiger partial charge in [0.15, 0.2) is 0 Å². The van der Waals surface area contributed by atoms with Crippen molar-refractivity contribution in [2.45, 2.75) is 19.3 Å². The number of nitro benzene ring substituents is 1. The number of nitro groups is 1. The lowest BCUT2D eigenvalue weighted by Crippen LogP contribution is -2.20. The summed E-state index contributed by atoms with van der Waals surface area (Å²) in [6, 6.07) is 3.28. The maximum atomic E-state index is 11.5. The molecular weight excluding hydrogens is 290 g/mol. The third kappa shape index (κ3) is 3.12. The molecule has 0 aliphatic carbocycles. The second-order valence-corrected chi connectivity index (χ2v) is 6.59. The summed E-state index contributed by atoms with van der Waals surface area (Å²) in [6.07, 6.45) is 2.09. The SMILES string of the molecule is O=C1CCc2cc([N+](=O)[O-])c(NCC3CCSC3)cc2N1. The Balaban J connectivity index is 1.84. The van der Waals surface area contributed by atoms with Crippen molar-refractivity contribution in [3.05, 3.63) is 27.8 Å². The standard InChI is InChI=1S/C14H17N3O3S/c18-14-2-1-10-5-13(17(19)20)12(6-11(10)16-14)15-7-9-3-4-21-8-9/h5-6,9,15H,1-4,7-8H2,(H,16,18). The largest absolute Gasteiger partial charge is 0.379 e. The van der Waals surface area contributed by atoms with Crippen LogP contribution in [0.25, 0.3) is 0 Å². The van der Waals surface area contributed by atoms with E-state index in [9.17, 15) is 14.9 Å². The number of rotatable bonds is 4. The summed E-state index contributed by atoms with van der Waals surface area (Å²) in [5, 5.41) is 17.2. The zero-order valence-electron chi connectivity index (χ0n) is 11.6. The highest BCUT2D eigenvalue weighted by Crippen LogP contribution is 2.34. The molecule has 7 heteroatoms. The van der Waals surface area contributed by atoms with E-state index in [-0.39, 0.29) is 16.5 Å². The van der Waals surface area contributed by atoms with E-state index in [0.29, 0.717) is 30.1 Å². The normalized spacial score (nSPS) is 20.8. The van der Waals surface area contributed by atoms with Gasteiger partial charge < -0.3 is 10.6 Å². The van der Waals surface area contributed by atoms with E-state index in [1.165, 1.54) is 0 Å². The first-order valence-corrected chi connectivity index (χ1v) is 8.22. The topological polar surface area (TPSA) is 84.3 Å². The van der Waals surface area contributed by atoms with E-state index in [1.54, 1.807) is 12.1 Å². The Bertz CT molecular complexity index is 585. The molecule has 1 aromatic rings. The van der Waals surface area contributed by atoms with Gasteiger partial charge in [-0.2, -0.15) is 11.8 Å². The van der Waals surface area contributed by atoms with Crippen LogP contribution < -0.4 is 10.6 Å². The Kier molecular flexibility index (Phi) is 4.01. The number of anilines is 2. The number of hydrogen-bond acceptors (Lipinski definition) is 5. The van der Waals surface area contributed by atoms with Crippen LogP contribution in [0.3, 0.4) is 0 Å². The molecule has 6 nitrogen and oxygen atoms in total. The number of benzene rings is 1. The Labute approximate surface area is 126 Å². The van der Waals surface area contributed by atoms with Crippen molar-refractivity contribution >= 4 is 34.7 Å². The number of carbonyl (C=O) groups is 1. The van der Waals surface area contributed by atoms with Crippen molar-refractivity contribution in [3.63, 3.8) is 0 Å². The summed E-state index contributed by atoms with van der Waals surface area (Å²) >= 11 is 1.92. The molecule has 1 atom stereocenters. The lowest BCUT2D eigenvalue weighted by molar-refractivity contribution is -0.384. The highest BCUT2D eigenvalue weighted by Gasteiger charge is 2.23. The number of nitrogens with zero attached hydrogens (tertiary/aromatic N) is 1. The molecule has 3 rings (SSSR count). The Morgan fingerprint density at radius 1 is 1.43 bits per heavy atom. The highest BCUT2D eigenvalue weighted by molar-refractivity contribution is 7.99. The Morgan fingerprint density at radius 2 is 2.29 bits per heavy atom. The molecule has 112 valence electrons. The van der Waals surface area contributed by atoms with Gasteiger partial charge in [0.1, 0.15) is 5.69 Å². The minimum absolute atomic E-state index is 0.0329. The molecule has 0 aromatic heterocycles. The van der Waals surface area contributed by atoms with E-state index in [2.05, 4.69) is 10.6 Å². The number of hydrogen-bond donors (Lipinski definition) is 2. The predicted molar refractivity (Wildman–Crippen MR) is 84.0 cm³/mol. The fourth-order valence-corrected chi connectivity index (χ4v) is 3.99. The number of carbonyl (C=O) groups excluding carboxylic acids is 1. The van der Waals surface area contributed by atoms with Gasteiger partial charge in [-0.1, -0.05) is 0 Å². The minimum atomic E-state index is -0.359. The van der Waals surface area contributed by atoms with Gasteiger partial charge in [0.25, 0.3) is 5.69 Å². The molecule has 2 aliphatic rings. The van der Waals surface area contributed by atoms with Crippen molar-refractivity contribution in [3.8, 4) is 0 Å². The monoisotopic (exact) mass is 307 g/mol. The third-order valence-electron chi connectivity index (χ3n) is 3.92. The summed E-state index contributed by atoms with van der Waals surface area (Å²) < 4.78 is 0. The van der Waals surface area contributed by atoms with E-state index in [0.717, 1.165) is 30.0 Å². The van der Waals surface area contributed by atoms with Gasteiger partial charge in [-0.25, -0.2) is 0 Å². The fraction of sp³-hybridized carbons (Fsp3) is 0.500. The molecule has 0 bridgehead atoms. The van der Waals surface area contributed by atoms with Gasteiger partial charge in [0, 0.05) is 24.7 Å². The highest BCUT2D eigenvalue weighted by atomic mass is 32.2. The molecule has 1 saturated heterocycles. The summed E-state index contributed by atoms with van der Waals surface area (Å²) in [5.41, 5.74) is 2.12. The van der Waals surface area contributed by atoms with Crippen LogP contribution in [-0.4, -0.2) is 28.9 Å². The van der Waals surface area contributed by atoms with E-state index in [1.807, 2.05) is 11.8 Å². The van der Waals surface area contributed by atoms with Crippen LogP contribution in [0.4, 0.5) is 17.1 Å². The van der Waals surface area contributed by atoms with Crippen molar-refractivity contribution < 1.29 is 9.72 Å². The number of thioether (sulfide) groups is 1. The van der Waals surface area contributed by atoms with Crippen molar-refractivity contribution in [2.24, 2.45) is 5.92 Å². The van der Waals surface area contributed by atoms with Crippen LogP contribution in [-0.2, 0) is 11.2 Å². The van der Waals surface area contributed by atoms with Gasteiger partial charge in [0.05, 0.1) is 4.92 Å². The summed E-state index contributed by atoms with van der Waals surface area (Å²) in [4.78, 5) is 22.3. The van der Waals surface area contributed by atoms with Crippen molar-refractivity contribution in [1.29, 1.82) is 0 Å².